The molecule has 2 fully saturated rings. The monoisotopic (exact) mass is 302 g/mol. The van der Waals surface area contributed by atoms with Gasteiger partial charge >= 0.3 is 0 Å². The second-order valence-corrected chi connectivity index (χ2v) is 7.34. The Morgan fingerprint density at radius 1 is 1.38 bits per heavy atom. The van der Waals surface area contributed by atoms with E-state index >= 15 is 0 Å². The molecule has 2 saturated heterocycles. The predicted molar refractivity (Wildman–Crippen MR) is 82.4 cm³/mol. The number of ether oxygens (including phenoxy) is 1. The molecule has 0 amide bonds. The number of furan rings is 1. The van der Waals surface area contributed by atoms with E-state index < -0.39 is 0 Å². The van der Waals surface area contributed by atoms with Crippen LogP contribution in [0.4, 0.5) is 0 Å². The van der Waals surface area contributed by atoms with Crippen molar-refractivity contribution in [2.75, 3.05) is 18.8 Å². The molecule has 2 aromatic rings. The molecule has 5 heteroatoms. The quantitative estimate of drug-likeness (QED) is 0.868. The van der Waals surface area contributed by atoms with Crippen molar-refractivity contribution in [2.24, 2.45) is 0 Å². The summed E-state index contributed by atoms with van der Waals surface area (Å²) in [6.45, 7) is 3.18. The lowest BCUT2D eigenvalue weighted by molar-refractivity contribution is 0.0856. The standard InChI is InChI=1S/C16H18N2O2S/c1-3-13(8-17-5-1)20-15-7-16(21-10-15)11-18(12-16)9-14-4-2-6-19-14/h1-6,8,15H,7,9-12H2/t15-/m1/s1. The van der Waals surface area contributed by atoms with Crippen LogP contribution in [0.15, 0.2) is 47.3 Å². The van der Waals surface area contributed by atoms with Crippen molar-refractivity contribution in [3.8, 4) is 5.75 Å². The third-order valence-electron chi connectivity index (χ3n) is 4.10. The average molecular weight is 302 g/mol. The Hall–Kier alpha value is -1.46. The highest BCUT2D eigenvalue weighted by atomic mass is 32.2. The first-order valence-electron chi connectivity index (χ1n) is 7.27. The number of aromatic nitrogens is 1. The van der Waals surface area contributed by atoms with Crippen LogP contribution in [0, 0.1) is 0 Å². The number of rotatable bonds is 4. The van der Waals surface area contributed by atoms with Gasteiger partial charge in [0.25, 0.3) is 0 Å². The minimum Gasteiger partial charge on any atom is -0.488 e. The van der Waals surface area contributed by atoms with Crippen molar-refractivity contribution in [3.63, 3.8) is 0 Å². The minimum atomic E-state index is 0.310. The van der Waals surface area contributed by atoms with Crippen molar-refractivity contribution in [2.45, 2.75) is 23.8 Å². The van der Waals surface area contributed by atoms with Gasteiger partial charge in [0.1, 0.15) is 17.6 Å². The summed E-state index contributed by atoms with van der Waals surface area (Å²) in [5.41, 5.74) is 0. The first-order chi connectivity index (χ1) is 10.3. The van der Waals surface area contributed by atoms with E-state index in [2.05, 4.69) is 21.6 Å². The van der Waals surface area contributed by atoms with Gasteiger partial charge in [-0.05, 0) is 24.3 Å². The Morgan fingerprint density at radius 2 is 2.33 bits per heavy atom. The maximum atomic E-state index is 6.03. The van der Waals surface area contributed by atoms with Gasteiger partial charge in [0.15, 0.2) is 0 Å². The van der Waals surface area contributed by atoms with Crippen molar-refractivity contribution in [1.29, 1.82) is 0 Å². The predicted octanol–water partition coefficient (Wildman–Crippen LogP) is 2.81. The lowest BCUT2D eigenvalue weighted by Gasteiger charge is -2.47. The van der Waals surface area contributed by atoms with Crippen LogP contribution < -0.4 is 4.74 Å². The average Bonchev–Trinajstić information content (AvgIpc) is 3.10. The highest BCUT2D eigenvalue weighted by molar-refractivity contribution is 8.01. The smallest absolute Gasteiger partial charge is 0.138 e. The van der Waals surface area contributed by atoms with E-state index in [4.69, 9.17) is 9.15 Å². The molecule has 21 heavy (non-hydrogen) atoms. The molecule has 2 aliphatic heterocycles. The third kappa shape index (κ3) is 2.80. The van der Waals surface area contributed by atoms with Crippen LogP contribution in [0.2, 0.25) is 0 Å². The summed E-state index contributed by atoms with van der Waals surface area (Å²) in [7, 11) is 0. The van der Waals surface area contributed by atoms with Crippen molar-refractivity contribution < 1.29 is 9.15 Å². The Kier molecular flexibility index (Phi) is 3.39. The van der Waals surface area contributed by atoms with Crippen LogP contribution in [0.25, 0.3) is 0 Å². The second-order valence-electron chi connectivity index (χ2n) is 5.85. The molecular formula is C16H18N2O2S. The summed E-state index contributed by atoms with van der Waals surface area (Å²) in [6.07, 6.45) is 6.74. The Balaban J connectivity index is 1.29. The van der Waals surface area contributed by atoms with Crippen molar-refractivity contribution in [1.82, 2.24) is 9.88 Å². The zero-order valence-electron chi connectivity index (χ0n) is 11.8. The zero-order valence-corrected chi connectivity index (χ0v) is 12.6. The van der Waals surface area contributed by atoms with Gasteiger partial charge in [-0.25, -0.2) is 0 Å². The first-order valence-corrected chi connectivity index (χ1v) is 8.25. The highest BCUT2D eigenvalue weighted by Crippen LogP contribution is 2.46. The van der Waals surface area contributed by atoms with E-state index in [0.29, 0.717) is 10.9 Å². The molecule has 0 N–H and O–H groups in total. The Labute approximate surface area is 128 Å². The van der Waals surface area contributed by atoms with Crippen LogP contribution >= 0.6 is 11.8 Å². The van der Waals surface area contributed by atoms with Gasteiger partial charge in [-0.2, -0.15) is 0 Å². The molecule has 4 nitrogen and oxygen atoms in total. The van der Waals surface area contributed by atoms with E-state index in [1.54, 1.807) is 18.7 Å². The molecule has 2 aliphatic rings. The summed E-state index contributed by atoms with van der Waals surface area (Å²) < 4.78 is 11.8. The summed E-state index contributed by atoms with van der Waals surface area (Å²) in [5.74, 6) is 3.01. The van der Waals surface area contributed by atoms with E-state index in [0.717, 1.165) is 43.3 Å². The molecule has 0 saturated carbocycles. The third-order valence-corrected chi connectivity index (χ3v) is 5.67. The van der Waals surface area contributed by atoms with Crippen LogP contribution in [-0.4, -0.2) is 39.6 Å². The number of thioether (sulfide) groups is 1. The van der Waals surface area contributed by atoms with Gasteiger partial charge < -0.3 is 9.15 Å². The number of pyridine rings is 1. The second kappa shape index (κ2) is 5.39. The van der Waals surface area contributed by atoms with Gasteiger partial charge in [0.05, 0.1) is 19.0 Å². The van der Waals surface area contributed by atoms with Gasteiger partial charge in [-0.15, -0.1) is 11.8 Å². The SMILES string of the molecule is c1cncc(O[C@H]2CSC3(C2)CN(Cc2ccco2)C3)c1. The fraction of sp³-hybridized carbons (Fsp3) is 0.438. The Bertz CT molecular complexity index is 582. The van der Waals surface area contributed by atoms with Crippen molar-refractivity contribution >= 4 is 11.8 Å². The largest absolute Gasteiger partial charge is 0.488 e. The first kappa shape index (κ1) is 13.2. The van der Waals surface area contributed by atoms with Crippen LogP contribution in [-0.2, 0) is 6.54 Å². The van der Waals surface area contributed by atoms with Crippen LogP contribution in [0.3, 0.4) is 0 Å². The highest BCUT2D eigenvalue weighted by Gasteiger charge is 2.49. The van der Waals surface area contributed by atoms with E-state index in [1.807, 2.05) is 24.3 Å². The fourth-order valence-electron chi connectivity index (χ4n) is 3.21. The van der Waals surface area contributed by atoms with Gasteiger partial charge in [-0.1, -0.05) is 0 Å². The van der Waals surface area contributed by atoms with Gasteiger partial charge in [0, 0.05) is 36.2 Å². The normalized spacial score (nSPS) is 24.1. The minimum absolute atomic E-state index is 0.310. The lowest BCUT2D eigenvalue weighted by atomic mass is 9.93. The van der Waals surface area contributed by atoms with Crippen LogP contribution in [0.5, 0.6) is 5.75 Å². The Morgan fingerprint density at radius 3 is 3.10 bits per heavy atom. The maximum Gasteiger partial charge on any atom is 0.138 e. The van der Waals surface area contributed by atoms with Crippen molar-refractivity contribution in [3.05, 3.63) is 48.7 Å². The summed E-state index contributed by atoms with van der Waals surface area (Å²) in [4.78, 5) is 6.54. The molecule has 0 aromatic carbocycles. The van der Waals surface area contributed by atoms with E-state index in [-0.39, 0.29) is 0 Å². The topological polar surface area (TPSA) is 38.5 Å². The molecule has 110 valence electrons. The zero-order chi connectivity index (χ0) is 14.1. The number of hydrogen-bond donors (Lipinski definition) is 0. The molecule has 0 aliphatic carbocycles. The molecule has 0 unspecified atom stereocenters. The molecular weight excluding hydrogens is 284 g/mol. The molecule has 1 atom stereocenters. The maximum absolute atomic E-state index is 6.03. The van der Waals surface area contributed by atoms with Crippen LogP contribution in [0.1, 0.15) is 12.2 Å². The number of likely N-dealkylation sites (tertiary alicyclic amines) is 1. The molecule has 0 radical (unpaired) electrons. The summed E-state index contributed by atoms with van der Waals surface area (Å²) in [6, 6.07) is 7.89. The number of nitrogens with zero attached hydrogens (tertiary/aromatic N) is 2. The van der Waals surface area contributed by atoms with Gasteiger partial charge in [-0.3, -0.25) is 9.88 Å². The van der Waals surface area contributed by atoms with E-state index in [9.17, 15) is 0 Å². The molecule has 4 rings (SSSR count). The molecule has 1 spiro atoms. The fourth-order valence-corrected chi connectivity index (χ4v) is 4.79. The molecule has 2 aromatic heterocycles. The summed E-state index contributed by atoms with van der Waals surface area (Å²) >= 11 is 2.06. The molecule has 4 heterocycles. The lowest BCUT2D eigenvalue weighted by Crippen LogP contribution is -2.58. The van der Waals surface area contributed by atoms with Gasteiger partial charge in [0.2, 0.25) is 0 Å². The van der Waals surface area contributed by atoms with E-state index in [1.165, 1.54) is 0 Å². The summed E-state index contributed by atoms with van der Waals surface area (Å²) in [5, 5.41) is 0. The number of hydrogen-bond acceptors (Lipinski definition) is 5. The molecule has 0 bridgehead atoms.